The third kappa shape index (κ3) is 3.55. The van der Waals surface area contributed by atoms with Crippen LogP contribution in [0.15, 0.2) is 32.0 Å². The lowest BCUT2D eigenvalue weighted by molar-refractivity contribution is 0.322. The summed E-state index contributed by atoms with van der Waals surface area (Å²) in [6.45, 7) is 4.84. The summed E-state index contributed by atoms with van der Waals surface area (Å²) in [5, 5.41) is 11.7. The Morgan fingerprint density at radius 1 is 1.50 bits per heavy atom. The Morgan fingerprint density at radius 3 is 2.42 bits per heavy atom. The minimum Gasteiger partial charge on any atom is -0.411 e. The van der Waals surface area contributed by atoms with E-state index in [0.717, 1.165) is 6.21 Å². The van der Waals surface area contributed by atoms with E-state index in [1.54, 1.807) is 6.92 Å². The van der Waals surface area contributed by atoms with Gasteiger partial charge in [-0.1, -0.05) is 28.4 Å². The van der Waals surface area contributed by atoms with Crippen molar-refractivity contribution in [1.29, 1.82) is 0 Å². The van der Waals surface area contributed by atoms with Gasteiger partial charge in [0.05, 0.1) is 11.2 Å². The molecule has 0 amide bonds. The molecule has 0 radical (unpaired) electrons. The number of nitrogens with zero attached hydrogens (tertiary/aromatic N) is 2. The number of allylic oxidation sites excluding steroid dienone is 3. The second-order valence-corrected chi connectivity index (χ2v) is 2.83. The normalized spacial score (nSPS) is 14.8. The van der Waals surface area contributed by atoms with Gasteiger partial charge in [0.25, 0.3) is 0 Å². The third-order valence-corrected chi connectivity index (χ3v) is 1.52. The summed E-state index contributed by atoms with van der Waals surface area (Å²) < 4.78 is 0. The molecule has 0 atom stereocenters. The van der Waals surface area contributed by atoms with Gasteiger partial charge in [0.15, 0.2) is 0 Å². The number of aliphatic imine (C=N–C) groups is 1. The van der Waals surface area contributed by atoms with Crippen molar-refractivity contribution in [3.05, 3.63) is 21.8 Å². The molecule has 0 aliphatic carbocycles. The molecule has 0 aromatic rings. The first-order valence-corrected chi connectivity index (χ1v) is 3.74. The Labute approximate surface area is 80.7 Å². The Bertz CT molecular complexity index is 252. The minimum absolute atomic E-state index is 0.273. The molecule has 0 spiro atoms. The van der Waals surface area contributed by atoms with Crippen molar-refractivity contribution in [1.82, 2.24) is 0 Å². The van der Waals surface area contributed by atoms with E-state index in [-0.39, 0.29) is 5.03 Å². The van der Waals surface area contributed by atoms with Crippen molar-refractivity contribution in [3.63, 3.8) is 0 Å². The average molecular weight is 207 g/mol. The van der Waals surface area contributed by atoms with E-state index >= 15 is 0 Å². The molecule has 0 rings (SSSR count). The lowest BCUT2D eigenvalue weighted by Gasteiger charge is -1.97. The second kappa shape index (κ2) is 5.80. The molecule has 66 valence electrons. The zero-order valence-corrected chi connectivity index (χ0v) is 7.97. The van der Waals surface area contributed by atoms with Gasteiger partial charge in [-0.2, -0.15) is 0 Å². The first-order chi connectivity index (χ1) is 5.63. The molecule has 0 aromatic heterocycles. The summed E-state index contributed by atoms with van der Waals surface area (Å²) in [6.07, 6.45) is 2.44. The van der Waals surface area contributed by atoms with E-state index in [0.29, 0.717) is 10.6 Å². The molecule has 1 N–H and O–H groups in total. The van der Waals surface area contributed by atoms with Gasteiger partial charge in [0.1, 0.15) is 0 Å². The van der Waals surface area contributed by atoms with E-state index in [1.807, 2.05) is 0 Å². The molecule has 0 unspecified atom stereocenters. The van der Waals surface area contributed by atoms with Crippen molar-refractivity contribution in [2.75, 3.05) is 0 Å². The summed E-state index contributed by atoms with van der Waals surface area (Å²) >= 11 is 11.3. The van der Waals surface area contributed by atoms with Crippen LogP contribution < -0.4 is 0 Å². The van der Waals surface area contributed by atoms with Crippen LogP contribution >= 0.6 is 23.2 Å². The van der Waals surface area contributed by atoms with Gasteiger partial charge < -0.3 is 5.21 Å². The third-order valence-electron chi connectivity index (χ3n) is 1.02. The van der Waals surface area contributed by atoms with Crippen LogP contribution in [0.25, 0.3) is 0 Å². The smallest absolute Gasteiger partial charge is 0.0760 e. The number of hydrogen-bond donors (Lipinski definition) is 1. The van der Waals surface area contributed by atoms with Crippen LogP contribution in [0.1, 0.15) is 6.92 Å². The van der Waals surface area contributed by atoms with Gasteiger partial charge >= 0.3 is 0 Å². The van der Waals surface area contributed by atoms with E-state index in [9.17, 15) is 0 Å². The molecule has 0 saturated carbocycles. The Morgan fingerprint density at radius 2 is 2.08 bits per heavy atom. The van der Waals surface area contributed by atoms with Crippen molar-refractivity contribution >= 4 is 36.1 Å². The topological polar surface area (TPSA) is 45.0 Å². The van der Waals surface area contributed by atoms with Crippen molar-refractivity contribution in [3.8, 4) is 0 Å². The first kappa shape index (κ1) is 11.2. The summed E-state index contributed by atoms with van der Waals surface area (Å²) in [4.78, 5) is 3.44. The SMILES string of the molecule is C=N\C=C(Cl)/C(/C=N/O)=C(\C)Cl. The summed E-state index contributed by atoms with van der Waals surface area (Å²) in [6, 6.07) is 0. The van der Waals surface area contributed by atoms with E-state index < -0.39 is 0 Å². The quantitative estimate of drug-likeness (QED) is 0.329. The van der Waals surface area contributed by atoms with Crippen LogP contribution in [-0.4, -0.2) is 18.1 Å². The molecular formula is C7H8Cl2N2O. The molecule has 0 heterocycles. The van der Waals surface area contributed by atoms with Gasteiger partial charge in [-0.05, 0) is 13.6 Å². The molecule has 12 heavy (non-hydrogen) atoms. The Kier molecular flexibility index (Phi) is 5.41. The van der Waals surface area contributed by atoms with Gasteiger partial charge in [0.2, 0.25) is 0 Å². The number of halogens is 2. The maximum absolute atomic E-state index is 8.25. The standard InChI is InChI=1S/C7H8Cl2N2O/c1-5(8)6(3-11-12)7(9)4-10-2/h3-4,12H,2H2,1H3/b6-5+,7-4+,11-3+. The van der Waals surface area contributed by atoms with Crippen LogP contribution in [0.2, 0.25) is 0 Å². The number of oxime groups is 1. The molecule has 0 saturated heterocycles. The summed E-state index contributed by atoms with van der Waals surface area (Å²) in [5.41, 5.74) is 0.410. The van der Waals surface area contributed by atoms with Crippen LogP contribution in [0.3, 0.4) is 0 Å². The van der Waals surface area contributed by atoms with Crippen molar-refractivity contribution in [2.45, 2.75) is 6.92 Å². The van der Waals surface area contributed by atoms with Gasteiger partial charge in [-0.15, -0.1) is 0 Å². The maximum atomic E-state index is 8.25. The number of hydrogen-bond acceptors (Lipinski definition) is 3. The van der Waals surface area contributed by atoms with Crippen LogP contribution in [0, 0.1) is 0 Å². The highest BCUT2D eigenvalue weighted by Gasteiger charge is 2.02. The lowest BCUT2D eigenvalue weighted by Crippen LogP contribution is -1.87. The Balaban J connectivity index is 4.90. The van der Waals surface area contributed by atoms with E-state index in [2.05, 4.69) is 16.9 Å². The molecule has 0 fully saturated rings. The average Bonchev–Trinajstić information content (AvgIpc) is 1.99. The van der Waals surface area contributed by atoms with E-state index in [1.165, 1.54) is 6.20 Å². The molecule has 0 aromatic carbocycles. The maximum Gasteiger partial charge on any atom is 0.0760 e. The van der Waals surface area contributed by atoms with Gasteiger partial charge in [-0.3, -0.25) is 4.99 Å². The molecule has 5 heteroatoms. The largest absolute Gasteiger partial charge is 0.411 e. The van der Waals surface area contributed by atoms with Crippen molar-refractivity contribution < 1.29 is 5.21 Å². The van der Waals surface area contributed by atoms with Crippen LogP contribution in [-0.2, 0) is 0 Å². The predicted molar refractivity (Wildman–Crippen MR) is 52.3 cm³/mol. The molecule has 0 aliphatic heterocycles. The fourth-order valence-electron chi connectivity index (χ4n) is 0.523. The zero-order chi connectivity index (χ0) is 9.56. The zero-order valence-electron chi connectivity index (χ0n) is 6.46. The highest BCUT2D eigenvalue weighted by molar-refractivity contribution is 6.38. The van der Waals surface area contributed by atoms with Crippen LogP contribution in [0.4, 0.5) is 0 Å². The second-order valence-electron chi connectivity index (χ2n) is 1.85. The highest BCUT2D eigenvalue weighted by atomic mass is 35.5. The van der Waals surface area contributed by atoms with Gasteiger partial charge in [-0.25, -0.2) is 0 Å². The monoisotopic (exact) mass is 206 g/mol. The highest BCUT2D eigenvalue weighted by Crippen LogP contribution is 2.19. The predicted octanol–water partition coefficient (Wildman–Crippen LogP) is 2.74. The van der Waals surface area contributed by atoms with Crippen molar-refractivity contribution in [2.24, 2.45) is 10.1 Å². The molecular weight excluding hydrogens is 199 g/mol. The fourth-order valence-corrected chi connectivity index (χ4v) is 0.981. The van der Waals surface area contributed by atoms with Gasteiger partial charge in [0, 0.05) is 16.8 Å². The minimum atomic E-state index is 0.273. The molecule has 0 bridgehead atoms. The summed E-state index contributed by atoms with van der Waals surface area (Å²) in [7, 11) is 0. The lowest BCUT2D eigenvalue weighted by atomic mass is 10.2. The number of rotatable bonds is 3. The first-order valence-electron chi connectivity index (χ1n) is 2.99. The summed E-state index contributed by atoms with van der Waals surface area (Å²) in [5.74, 6) is 0. The van der Waals surface area contributed by atoms with Crippen LogP contribution in [0.5, 0.6) is 0 Å². The Hall–Kier alpha value is -0.800. The molecule has 3 nitrogen and oxygen atoms in total. The molecule has 0 aliphatic rings. The fraction of sp³-hybridized carbons (Fsp3) is 0.143. The van der Waals surface area contributed by atoms with E-state index in [4.69, 9.17) is 28.4 Å².